The molecule has 28 heavy (non-hydrogen) atoms. The molecule has 1 N–H and O–H groups in total. The number of carbonyl (C=O) groups excluding carboxylic acids is 2. The topological polar surface area (TPSA) is 99.6 Å². The summed E-state index contributed by atoms with van der Waals surface area (Å²) in [5.74, 6) is -0.175. The van der Waals surface area contributed by atoms with Gasteiger partial charge in [-0.3, -0.25) is 4.79 Å². The van der Waals surface area contributed by atoms with E-state index in [4.69, 9.17) is 14.2 Å². The van der Waals surface area contributed by atoms with Crippen molar-refractivity contribution < 1.29 is 23.8 Å². The number of aromatic nitrogens is 2. The molecule has 3 aromatic rings. The van der Waals surface area contributed by atoms with Crippen molar-refractivity contribution >= 4 is 40.3 Å². The predicted octanol–water partition coefficient (Wildman–Crippen LogP) is 3.28. The van der Waals surface area contributed by atoms with Gasteiger partial charge >= 0.3 is 5.97 Å². The Balaban J connectivity index is 1.62. The summed E-state index contributed by atoms with van der Waals surface area (Å²) in [6, 6.07) is 9.97. The smallest absolute Gasteiger partial charge is 0.338 e. The van der Waals surface area contributed by atoms with Crippen LogP contribution in [0, 0.1) is 0 Å². The molecule has 0 spiro atoms. The van der Waals surface area contributed by atoms with Crippen LogP contribution in [-0.2, 0) is 9.53 Å². The second kappa shape index (κ2) is 8.66. The molecule has 1 heterocycles. The van der Waals surface area contributed by atoms with E-state index in [0.29, 0.717) is 28.2 Å². The van der Waals surface area contributed by atoms with Gasteiger partial charge in [-0.25, -0.2) is 4.79 Å². The first-order valence-corrected chi connectivity index (χ1v) is 9.24. The third-order valence-corrected chi connectivity index (χ3v) is 4.20. The minimum Gasteiger partial charge on any atom is -0.493 e. The van der Waals surface area contributed by atoms with Gasteiger partial charge in [0.25, 0.3) is 5.91 Å². The fourth-order valence-corrected chi connectivity index (χ4v) is 3.00. The van der Waals surface area contributed by atoms with Crippen LogP contribution in [0.25, 0.3) is 11.0 Å². The fourth-order valence-electron chi connectivity index (χ4n) is 2.45. The molecule has 0 atom stereocenters. The van der Waals surface area contributed by atoms with Gasteiger partial charge in [-0.2, -0.15) is 8.75 Å². The van der Waals surface area contributed by atoms with Crippen LogP contribution in [0.5, 0.6) is 11.5 Å². The van der Waals surface area contributed by atoms with Crippen molar-refractivity contribution in [2.24, 2.45) is 0 Å². The normalized spacial score (nSPS) is 10.7. The maximum absolute atomic E-state index is 12.3. The maximum atomic E-state index is 12.3. The first kappa shape index (κ1) is 19.6. The van der Waals surface area contributed by atoms with Crippen LogP contribution in [0.15, 0.2) is 36.4 Å². The Morgan fingerprint density at radius 3 is 2.71 bits per heavy atom. The second-order valence-corrected chi connectivity index (χ2v) is 6.62. The standard InChI is InChI=1S/C19H19N3O5S/c1-11(2)27-15-8-7-12(9-16(15)25-3)19(24)26-10-17(23)20-13-5-4-6-14-18(13)22-28-21-14/h4-9,11H,10H2,1-3H3,(H,20,23). The summed E-state index contributed by atoms with van der Waals surface area (Å²) in [6.07, 6.45) is -0.0345. The average Bonchev–Trinajstić information content (AvgIpc) is 3.16. The van der Waals surface area contributed by atoms with E-state index in [2.05, 4.69) is 14.1 Å². The number of fused-ring (bicyclic) bond motifs is 1. The Hall–Kier alpha value is -3.20. The number of hydrogen-bond donors (Lipinski definition) is 1. The highest BCUT2D eigenvalue weighted by Gasteiger charge is 2.15. The Morgan fingerprint density at radius 2 is 1.96 bits per heavy atom. The number of hydrogen-bond acceptors (Lipinski definition) is 8. The first-order chi connectivity index (χ1) is 13.5. The van der Waals surface area contributed by atoms with Crippen molar-refractivity contribution in [1.82, 2.24) is 8.75 Å². The summed E-state index contributed by atoms with van der Waals surface area (Å²) in [7, 11) is 1.49. The minimum atomic E-state index is -0.641. The van der Waals surface area contributed by atoms with Gasteiger partial charge in [0.05, 0.1) is 36.2 Å². The van der Waals surface area contributed by atoms with Crippen LogP contribution < -0.4 is 14.8 Å². The van der Waals surface area contributed by atoms with Crippen LogP contribution in [0.2, 0.25) is 0 Å². The first-order valence-electron chi connectivity index (χ1n) is 8.51. The molecule has 0 bridgehead atoms. The number of nitrogens with one attached hydrogen (secondary N) is 1. The quantitative estimate of drug-likeness (QED) is 0.607. The fraction of sp³-hybridized carbons (Fsp3) is 0.263. The van der Waals surface area contributed by atoms with E-state index in [1.165, 1.54) is 13.2 Å². The van der Waals surface area contributed by atoms with Gasteiger partial charge in [-0.15, -0.1) is 0 Å². The monoisotopic (exact) mass is 401 g/mol. The lowest BCUT2D eigenvalue weighted by Crippen LogP contribution is -2.21. The molecule has 0 radical (unpaired) electrons. The molecule has 0 fully saturated rings. The van der Waals surface area contributed by atoms with E-state index < -0.39 is 18.5 Å². The van der Waals surface area contributed by atoms with E-state index in [9.17, 15) is 9.59 Å². The zero-order valence-electron chi connectivity index (χ0n) is 15.6. The molecular weight excluding hydrogens is 382 g/mol. The summed E-state index contributed by atoms with van der Waals surface area (Å²) < 4.78 is 24.2. The second-order valence-electron chi connectivity index (χ2n) is 6.09. The van der Waals surface area contributed by atoms with Crippen LogP contribution >= 0.6 is 11.7 Å². The van der Waals surface area contributed by atoms with E-state index >= 15 is 0 Å². The third-order valence-electron chi connectivity index (χ3n) is 3.66. The Bertz CT molecular complexity index is 1000. The van der Waals surface area contributed by atoms with Crippen molar-refractivity contribution in [3.63, 3.8) is 0 Å². The number of methoxy groups -OCH3 is 1. The number of carbonyl (C=O) groups is 2. The van der Waals surface area contributed by atoms with Crippen molar-refractivity contribution in [2.45, 2.75) is 20.0 Å². The Morgan fingerprint density at radius 1 is 1.14 bits per heavy atom. The van der Waals surface area contributed by atoms with Crippen LogP contribution in [0.3, 0.4) is 0 Å². The lowest BCUT2D eigenvalue weighted by molar-refractivity contribution is -0.119. The van der Waals surface area contributed by atoms with Gasteiger partial charge < -0.3 is 19.5 Å². The number of amides is 1. The van der Waals surface area contributed by atoms with Gasteiger partial charge in [0.2, 0.25) is 0 Å². The molecule has 0 aliphatic heterocycles. The predicted molar refractivity (Wildman–Crippen MR) is 105 cm³/mol. The number of nitrogens with zero attached hydrogens (tertiary/aromatic N) is 2. The van der Waals surface area contributed by atoms with E-state index in [1.54, 1.807) is 30.3 Å². The molecule has 3 rings (SSSR count). The number of anilines is 1. The minimum absolute atomic E-state index is 0.0345. The molecule has 0 saturated carbocycles. The summed E-state index contributed by atoms with van der Waals surface area (Å²) in [5, 5.41) is 2.67. The van der Waals surface area contributed by atoms with Crippen molar-refractivity contribution in [3.8, 4) is 11.5 Å². The Kier molecular flexibility index (Phi) is 6.05. The summed E-state index contributed by atoms with van der Waals surface area (Å²) in [6.45, 7) is 3.35. The van der Waals surface area contributed by atoms with Gasteiger partial charge in [-0.05, 0) is 44.2 Å². The molecule has 8 nitrogen and oxygen atoms in total. The highest BCUT2D eigenvalue weighted by atomic mass is 32.1. The molecule has 146 valence electrons. The van der Waals surface area contributed by atoms with Crippen molar-refractivity contribution in [3.05, 3.63) is 42.0 Å². The third kappa shape index (κ3) is 4.55. The van der Waals surface area contributed by atoms with E-state index in [0.717, 1.165) is 11.7 Å². The van der Waals surface area contributed by atoms with Gasteiger partial charge in [-0.1, -0.05) is 6.07 Å². The van der Waals surface area contributed by atoms with Crippen LogP contribution in [0.1, 0.15) is 24.2 Å². The lowest BCUT2D eigenvalue weighted by Gasteiger charge is -2.14. The molecule has 0 aliphatic rings. The summed E-state index contributed by atoms with van der Waals surface area (Å²) in [4.78, 5) is 24.4. The molecule has 0 unspecified atom stereocenters. The molecule has 1 amide bonds. The van der Waals surface area contributed by atoms with Gasteiger partial charge in [0, 0.05) is 0 Å². The number of rotatable bonds is 7. The van der Waals surface area contributed by atoms with E-state index in [1.807, 2.05) is 13.8 Å². The molecule has 1 aromatic heterocycles. The molecule has 9 heteroatoms. The highest BCUT2D eigenvalue weighted by Crippen LogP contribution is 2.29. The summed E-state index contributed by atoms with van der Waals surface area (Å²) >= 11 is 1.06. The zero-order chi connectivity index (χ0) is 20.1. The molecular formula is C19H19N3O5S. The number of ether oxygens (including phenoxy) is 3. The SMILES string of the molecule is COc1cc(C(=O)OCC(=O)Nc2cccc3nsnc23)ccc1OC(C)C. The average molecular weight is 401 g/mol. The van der Waals surface area contributed by atoms with E-state index in [-0.39, 0.29) is 11.7 Å². The van der Waals surface area contributed by atoms with Crippen LogP contribution in [0.4, 0.5) is 5.69 Å². The molecule has 0 aliphatic carbocycles. The zero-order valence-corrected chi connectivity index (χ0v) is 16.4. The van der Waals surface area contributed by atoms with Crippen molar-refractivity contribution in [1.29, 1.82) is 0 Å². The highest BCUT2D eigenvalue weighted by molar-refractivity contribution is 7.00. The lowest BCUT2D eigenvalue weighted by atomic mass is 10.2. The van der Waals surface area contributed by atoms with Crippen LogP contribution in [-0.4, -0.2) is 40.4 Å². The van der Waals surface area contributed by atoms with Crippen molar-refractivity contribution in [2.75, 3.05) is 19.0 Å². The van der Waals surface area contributed by atoms with Gasteiger partial charge in [0.15, 0.2) is 18.1 Å². The molecule has 0 saturated heterocycles. The van der Waals surface area contributed by atoms with Gasteiger partial charge in [0.1, 0.15) is 11.0 Å². The maximum Gasteiger partial charge on any atom is 0.338 e. The Labute approximate surface area is 165 Å². The summed E-state index contributed by atoms with van der Waals surface area (Å²) in [5.41, 5.74) is 2.06. The molecule has 2 aromatic carbocycles. The number of benzene rings is 2. The largest absolute Gasteiger partial charge is 0.493 e. The number of esters is 1.